The molecule has 4 aromatic rings. The summed E-state index contributed by atoms with van der Waals surface area (Å²) in [6.45, 7) is 33.9. The van der Waals surface area contributed by atoms with E-state index in [0.717, 1.165) is 6.42 Å². The fourth-order valence-corrected chi connectivity index (χ4v) is 14.3. The third-order valence-corrected chi connectivity index (χ3v) is 18.1. The lowest BCUT2D eigenvalue weighted by atomic mass is 9.30. The number of nitrogens with zero attached hydrogens (tertiary/aromatic N) is 2. The number of benzene rings is 3. The molecule has 4 heterocycles. The van der Waals surface area contributed by atoms with Gasteiger partial charge in [0, 0.05) is 43.7 Å². The maximum atomic E-state index is 7.28. The average molecular weight is 867 g/mol. The molecule has 1 saturated heterocycles. The Bertz CT molecular complexity index is 2750. The fourth-order valence-electron chi connectivity index (χ4n) is 12.9. The number of thiophene rings is 1. The first kappa shape index (κ1) is 42.6. The van der Waals surface area contributed by atoms with Gasteiger partial charge in [-0.25, -0.2) is 0 Å². The monoisotopic (exact) mass is 867 g/mol. The SMILES string of the molecule is CC1CC=CC2OC3C(=CC=CC3N3c4ccc(C(C)(C)C)cc4B4c5sc6cc7c(cc6c5N(c5ccc(C(C)(C)C)cc5)C5=CC(C(C)(C)C)=CC3C45)C(C)(C)CCC7(C)C)C12. The molecule has 3 aromatic carbocycles. The Morgan fingerprint density at radius 2 is 1.44 bits per heavy atom. The molecule has 7 aliphatic rings. The number of hydrogen-bond acceptors (Lipinski definition) is 4. The Hall–Kier alpha value is -4.06. The van der Waals surface area contributed by atoms with Gasteiger partial charge >= 0.3 is 0 Å². The highest BCUT2D eigenvalue weighted by Gasteiger charge is 2.57. The maximum Gasteiger partial charge on any atom is 0.239 e. The summed E-state index contributed by atoms with van der Waals surface area (Å²) in [7, 11) is 0. The van der Waals surface area contributed by atoms with Gasteiger partial charge in [-0.1, -0.05) is 158 Å². The predicted molar refractivity (Wildman–Crippen MR) is 276 cm³/mol. The van der Waals surface area contributed by atoms with Crippen molar-refractivity contribution < 1.29 is 4.74 Å². The van der Waals surface area contributed by atoms with E-state index in [1.54, 1.807) is 5.56 Å². The summed E-state index contributed by atoms with van der Waals surface area (Å²) in [4.78, 5) is 5.61. The molecule has 0 saturated carbocycles. The van der Waals surface area contributed by atoms with Crippen LogP contribution in [0.3, 0.4) is 0 Å². The highest BCUT2D eigenvalue weighted by atomic mass is 32.1. The molecule has 0 spiro atoms. The van der Waals surface area contributed by atoms with Gasteiger partial charge in [-0.15, -0.1) is 11.3 Å². The zero-order chi connectivity index (χ0) is 45.2. The van der Waals surface area contributed by atoms with E-state index in [-0.39, 0.29) is 63.9 Å². The van der Waals surface area contributed by atoms with E-state index in [1.807, 2.05) is 0 Å². The van der Waals surface area contributed by atoms with Gasteiger partial charge in [0.05, 0.1) is 23.9 Å². The van der Waals surface area contributed by atoms with Crippen LogP contribution in [0.1, 0.15) is 138 Å². The molecule has 0 radical (unpaired) electrons. The van der Waals surface area contributed by atoms with Crippen LogP contribution >= 0.6 is 11.3 Å². The van der Waals surface area contributed by atoms with Crippen LogP contribution < -0.4 is 20.0 Å². The highest BCUT2D eigenvalue weighted by molar-refractivity contribution is 7.32. The first-order valence-electron chi connectivity index (χ1n) is 24.6. The van der Waals surface area contributed by atoms with Crippen LogP contribution in [0.25, 0.3) is 10.1 Å². The largest absolute Gasteiger partial charge is 0.363 e. The van der Waals surface area contributed by atoms with E-state index < -0.39 is 0 Å². The van der Waals surface area contributed by atoms with Crippen molar-refractivity contribution in [2.75, 3.05) is 9.80 Å². The number of anilines is 3. The fraction of sp³-hybridized carbons (Fsp3) is 0.492. The summed E-state index contributed by atoms with van der Waals surface area (Å²) in [6.07, 6.45) is 21.0. The van der Waals surface area contributed by atoms with Gasteiger partial charge in [0.1, 0.15) is 6.10 Å². The van der Waals surface area contributed by atoms with Crippen LogP contribution in [0.2, 0.25) is 5.82 Å². The molecular weight excluding hydrogens is 796 g/mol. The van der Waals surface area contributed by atoms with Gasteiger partial charge < -0.3 is 14.5 Å². The molecule has 1 aromatic heterocycles. The lowest BCUT2D eigenvalue weighted by Crippen LogP contribution is -2.66. The van der Waals surface area contributed by atoms with Crippen molar-refractivity contribution in [3.8, 4) is 0 Å². The standard InChI is InChI=1S/C59H71BN2OS/c1-34-17-15-20-48-50(34)39-18-16-19-45(53(39)63-48)62-44-26-23-36(56(5,6)7)29-43(44)60-51-46(30-37(31-47(51)62)57(8,9)10)61(38-24-21-35(22-25-38)55(2,3)4)52-40-32-41-42(33-49(40)64-54(52)60)59(13,14)28-27-58(41,11)12/h15-16,18-26,29-34,45,47-48,50-51,53H,17,27-28H2,1-14H3. The second-order valence-corrected chi connectivity index (χ2v) is 26.3. The van der Waals surface area contributed by atoms with Gasteiger partial charge in [-0.3, -0.25) is 0 Å². The van der Waals surface area contributed by atoms with Crippen LogP contribution in [-0.2, 0) is 26.4 Å². The van der Waals surface area contributed by atoms with Crippen molar-refractivity contribution >= 4 is 55.4 Å². The van der Waals surface area contributed by atoms with Crippen LogP contribution in [0, 0.1) is 17.3 Å². The second-order valence-electron chi connectivity index (χ2n) is 25.2. The Kier molecular flexibility index (Phi) is 9.31. The molecule has 3 aliphatic heterocycles. The lowest BCUT2D eigenvalue weighted by molar-refractivity contribution is 0.0489. The molecule has 5 heteroatoms. The quantitative estimate of drug-likeness (QED) is 0.147. The Morgan fingerprint density at radius 1 is 0.766 bits per heavy atom. The Labute approximate surface area is 389 Å². The van der Waals surface area contributed by atoms with Crippen LogP contribution in [0.5, 0.6) is 0 Å². The summed E-state index contributed by atoms with van der Waals surface area (Å²) in [5.41, 5.74) is 15.9. The summed E-state index contributed by atoms with van der Waals surface area (Å²) < 4.78 is 10.2. The molecule has 4 aliphatic carbocycles. The molecule has 332 valence electrons. The van der Waals surface area contributed by atoms with Gasteiger partial charge in [-0.2, -0.15) is 0 Å². The number of rotatable bonds is 2. The summed E-state index contributed by atoms with van der Waals surface area (Å²) in [6, 6.07) is 22.7. The van der Waals surface area contributed by atoms with Crippen LogP contribution in [-0.4, -0.2) is 31.0 Å². The van der Waals surface area contributed by atoms with E-state index >= 15 is 0 Å². The highest BCUT2D eigenvalue weighted by Crippen LogP contribution is 2.57. The van der Waals surface area contributed by atoms with Crippen molar-refractivity contribution in [2.45, 2.75) is 168 Å². The summed E-state index contributed by atoms with van der Waals surface area (Å²) in [5, 5.41) is 1.41. The molecule has 7 atom stereocenters. The lowest BCUT2D eigenvalue weighted by Gasteiger charge is -2.55. The van der Waals surface area contributed by atoms with Gasteiger partial charge in [0.2, 0.25) is 6.71 Å². The first-order chi connectivity index (χ1) is 30.0. The third kappa shape index (κ3) is 6.36. The second kappa shape index (κ2) is 14.0. The van der Waals surface area contributed by atoms with E-state index in [4.69, 9.17) is 4.74 Å². The van der Waals surface area contributed by atoms with E-state index in [0.29, 0.717) is 11.8 Å². The molecule has 7 unspecified atom stereocenters. The molecular formula is C59H71BN2OS. The van der Waals surface area contributed by atoms with Crippen molar-refractivity contribution in [3.63, 3.8) is 0 Å². The zero-order valence-corrected chi connectivity index (χ0v) is 42.0. The average Bonchev–Trinajstić information content (AvgIpc) is 3.80. The molecule has 3 nitrogen and oxygen atoms in total. The normalized spacial score (nSPS) is 28.7. The number of hydrogen-bond donors (Lipinski definition) is 0. The Balaban J connectivity index is 1.21. The Morgan fingerprint density at radius 3 is 2.11 bits per heavy atom. The first-order valence-corrected chi connectivity index (χ1v) is 25.4. The van der Waals surface area contributed by atoms with Crippen molar-refractivity contribution in [2.24, 2.45) is 17.3 Å². The number of ether oxygens (including phenoxy) is 1. The minimum atomic E-state index is -0.0601. The number of allylic oxidation sites excluding steroid dienone is 5. The van der Waals surface area contributed by atoms with E-state index in [9.17, 15) is 0 Å². The molecule has 64 heavy (non-hydrogen) atoms. The minimum Gasteiger partial charge on any atom is -0.363 e. The van der Waals surface area contributed by atoms with E-state index in [1.165, 1.54) is 83.8 Å². The summed E-state index contributed by atoms with van der Waals surface area (Å²) in [5.74, 6) is 1.17. The predicted octanol–water partition coefficient (Wildman–Crippen LogP) is 13.9. The topological polar surface area (TPSA) is 15.7 Å². The molecule has 11 rings (SSSR count). The van der Waals surface area contributed by atoms with Crippen molar-refractivity contribution in [1.29, 1.82) is 0 Å². The molecule has 0 bridgehead atoms. The molecule has 0 N–H and O–H groups in total. The summed E-state index contributed by atoms with van der Waals surface area (Å²) >= 11 is 2.09. The van der Waals surface area contributed by atoms with Gasteiger partial charge in [0.25, 0.3) is 0 Å². The van der Waals surface area contributed by atoms with Crippen molar-refractivity contribution in [3.05, 3.63) is 136 Å². The molecule has 0 amide bonds. The zero-order valence-electron chi connectivity index (χ0n) is 41.2. The van der Waals surface area contributed by atoms with Gasteiger partial charge in [0.15, 0.2) is 0 Å². The molecule has 1 fully saturated rings. The van der Waals surface area contributed by atoms with Crippen LogP contribution in [0.15, 0.2) is 114 Å². The van der Waals surface area contributed by atoms with Gasteiger partial charge in [-0.05, 0) is 128 Å². The third-order valence-electron chi connectivity index (χ3n) is 16.9. The smallest absolute Gasteiger partial charge is 0.239 e. The maximum absolute atomic E-state index is 7.28. The van der Waals surface area contributed by atoms with Crippen LogP contribution in [0.4, 0.5) is 17.1 Å². The minimum absolute atomic E-state index is 0.000266. The van der Waals surface area contributed by atoms with E-state index in [2.05, 4.69) is 215 Å². The van der Waals surface area contributed by atoms with Crippen molar-refractivity contribution in [1.82, 2.24) is 0 Å². The number of fused-ring (bicyclic) bond motifs is 10.